The van der Waals surface area contributed by atoms with Gasteiger partial charge < -0.3 is 24.4 Å². The molecule has 0 unspecified atom stereocenters. The summed E-state index contributed by atoms with van der Waals surface area (Å²) >= 11 is 0. The predicted molar refractivity (Wildman–Crippen MR) is 163 cm³/mol. The van der Waals surface area contributed by atoms with Gasteiger partial charge in [0.1, 0.15) is 23.3 Å². The lowest BCUT2D eigenvalue weighted by molar-refractivity contribution is -0.122. The minimum atomic E-state index is -1.48. The van der Waals surface area contributed by atoms with Crippen molar-refractivity contribution in [2.24, 2.45) is 5.92 Å². The number of ketones is 2. The first-order chi connectivity index (χ1) is 22.0. The fourth-order valence-corrected chi connectivity index (χ4v) is 7.46. The second kappa shape index (κ2) is 10.1. The zero-order valence-corrected chi connectivity index (χ0v) is 23.8. The fraction of sp³-hybridized carbons (Fsp3) is 0.167. The first kappa shape index (κ1) is 26.7. The number of amides is 1. The summed E-state index contributed by atoms with van der Waals surface area (Å²) in [5, 5.41) is 12.3. The maximum absolute atomic E-state index is 15.1. The van der Waals surface area contributed by atoms with Crippen molar-refractivity contribution in [3.8, 4) is 23.3 Å². The third kappa shape index (κ3) is 3.75. The molecule has 220 valence electrons. The molecule has 0 aromatic heterocycles. The number of anilines is 1. The number of nitriles is 1. The molecule has 1 spiro atoms. The largest absolute Gasteiger partial charge is 0.478 e. The van der Waals surface area contributed by atoms with Crippen LogP contribution in [0.1, 0.15) is 43.4 Å². The topological polar surface area (TPSA) is 118 Å². The number of nitrogens with zero attached hydrogens (tertiary/aromatic N) is 2. The van der Waals surface area contributed by atoms with E-state index in [0.29, 0.717) is 28.3 Å². The van der Waals surface area contributed by atoms with Gasteiger partial charge >= 0.3 is 0 Å². The number of nitrogens with one attached hydrogen (secondary N) is 1. The summed E-state index contributed by atoms with van der Waals surface area (Å²) in [6, 6.07) is 26.9. The van der Waals surface area contributed by atoms with Crippen LogP contribution in [0.15, 0.2) is 97.2 Å². The van der Waals surface area contributed by atoms with Gasteiger partial charge in [-0.3, -0.25) is 14.4 Å². The van der Waals surface area contributed by atoms with Gasteiger partial charge in [0.05, 0.1) is 17.5 Å². The van der Waals surface area contributed by atoms with E-state index in [-0.39, 0.29) is 36.4 Å². The number of carbonyl (C=O) groups is 3. The molecule has 1 saturated heterocycles. The standard InChI is InChI=1S/C36H25N3O6/c37-16-18-43-27-12-6-3-9-24(27)33(41)31-30(32(40)22-13-14-28-29(19-22)45-20-44-28)36(25-10-4-5-11-26(25)38-35(36)42)34-23-8-2-1-7-21(23)15-17-39(31)34/h1-15,17,19,30-31,34H,18,20H2,(H,38,42)/t30-,31+,34-,36+/m0/s1. The van der Waals surface area contributed by atoms with Crippen molar-refractivity contribution in [1.29, 1.82) is 5.26 Å². The van der Waals surface area contributed by atoms with E-state index in [2.05, 4.69) is 5.32 Å². The summed E-state index contributed by atoms with van der Waals surface area (Å²) in [6.07, 6.45) is 3.72. The minimum Gasteiger partial charge on any atom is -0.478 e. The van der Waals surface area contributed by atoms with Crippen molar-refractivity contribution in [2.75, 3.05) is 18.7 Å². The number of rotatable bonds is 6. The van der Waals surface area contributed by atoms with E-state index in [0.717, 1.165) is 11.1 Å². The lowest BCUT2D eigenvalue weighted by Gasteiger charge is -2.38. The molecule has 0 radical (unpaired) electrons. The van der Waals surface area contributed by atoms with Crippen LogP contribution >= 0.6 is 0 Å². The Morgan fingerprint density at radius 3 is 2.62 bits per heavy atom. The van der Waals surface area contributed by atoms with Crippen LogP contribution in [0.25, 0.3) is 6.08 Å². The number of hydrogen-bond donors (Lipinski definition) is 1. The number of fused-ring (bicyclic) bond motifs is 7. The van der Waals surface area contributed by atoms with Gasteiger partial charge in [-0.15, -0.1) is 0 Å². The summed E-state index contributed by atoms with van der Waals surface area (Å²) in [5.41, 5.74) is 2.02. The van der Waals surface area contributed by atoms with Crippen molar-refractivity contribution in [3.05, 3.63) is 125 Å². The molecule has 45 heavy (non-hydrogen) atoms. The second-order valence-electron chi connectivity index (χ2n) is 11.3. The van der Waals surface area contributed by atoms with Crippen molar-refractivity contribution < 1.29 is 28.6 Å². The van der Waals surface area contributed by atoms with Crippen LogP contribution in [-0.2, 0) is 10.2 Å². The van der Waals surface area contributed by atoms with E-state index in [9.17, 15) is 14.9 Å². The van der Waals surface area contributed by atoms with Gasteiger partial charge in [0.2, 0.25) is 12.7 Å². The molecule has 9 heteroatoms. The molecule has 4 aromatic rings. The Morgan fingerprint density at radius 2 is 1.73 bits per heavy atom. The molecule has 4 heterocycles. The quantitative estimate of drug-likeness (QED) is 0.299. The summed E-state index contributed by atoms with van der Waals surface area (Å²) in [4.78, 5) is 46.5. The Hall–Kier alpha value is -5.88. The summed E-state index contributed by atoms with van der Waals surface area (Å²) in [6.45, 7) is -0.220. The molecule has 0 aliphatic carbocycles. The molecule has 0 saturated carbocycles. The van der Waals surface area contributed by atoms with Crippen LogP contribution in [0.4, 0.5) is 5.69 Å². The Morgan fingerprint density at radius 1 is 0.956 bits per heavy atom. The van der Waals surface area contributed by atoms with Crippen LogP contribution in [-0.4, -0.2) is 41.8 Å². The maximum Gasteiger partial charge on any atom is 0.238 e. The van der Waals surface area contributed by atoms with Crippen molar-refractivity contribution in [3.63, 3.8) is 0 Å². The summed E-state index contributed by atoms with van der Waals surface area (Å²) in [7, 11) is 0. The molecule has 4 aliphatic rings. The molecule has 9 nitrogen and oxygen atoms in total. The summed E-state index contributed by atoms with van der Waals surface area (Å²) < 4.78 is 16.8. The lowest BCUT2D eigenvalue weighted by Crippen LogP contribution is -2.49. The van der Waals surface area contributed by atoms with Crippen LogP contribution in [0, 0.1) is 17.2 Å². The fourth-order valence-electron chi connectivity index (χ4n) is 7.46. The molecular formula is C36H25N3O6. The average Bonchev–Trinajstić information content (AvgIpc) is 3.76. The highest BCUT2D eigenvalue weighted by Crippen LogP contribution is 2.62. The molecule has 4 aliphatic heterocycles. The average molecular weight is 596 g/mol. The highest BCUT2D eigenvalue weighted by molar-refractivity contribution is 6.17. The highest BCUT2D eigenvalue weighted by atomic mass is 16.7. The number of para-hydroxylation sites is 2. The van der Waals surface area contributed by atoms with Crippen LogP contribution in [0.3, 0.4) is 0 Å². The van der Waals surface area contributed by atoms with Gasteiger partial charge in [0.15, 0.2) is 29.7 Å². The van der Waals surface area contributed by atoms with Crippen LogP contribution < -0.4 is 19.5 Å². The second-order valence-corrected chi connectivity index (χ2v) is 11.3. The summed E-state index contributed by atoms with van der Waals surface area (Å²) in [5.74, 6) is -1.13. The number of ether oxygens (including phenoxy) is 3. The Balaban J connectivity index is 1.40. The molecular weight excluding hydrogens is 570 g/mol. The zero-order chi connectivity index (χ0) is 30.7. The van der Waals surface area contributed by atoms with Crippen molar-refractivity contribution in [2.45, 2.75) is 17.5 Å². The number of carbonyl (C=O) groups excluding carboxylic acids is 3. The molecule has 0 bridgehead atoms. The first-order valence-electron chi connectivity index (χ1n) is 14.6. The molecule has 4 aromatic carbocycles. The SMILES string of the molecule is N#CCOc1ccccc1C(=O)[C@H]1[C@@H](C(=O)c2ccc3c(c2)OCO3)[C@@]2(C(=O)Nc3ccccc32)[C@@H]2c3ccccc3C=CN21. The third-order valence-corrected chi connectivity index (χ3v) is 9.22. The predicted octanol–water partition coefficient (Wildman–Crippen LogP) is 5.30. The van der Waals surface area contributed by atoms with E-state index in [1.165, 1.54) is 0 Å². The van der Waals surface area contributed by atoms with E-state index >= 15 is 4.79 Å². The Bertz CT molecular complexity index is 2000. The van der Waals surface area contributed by atoms with Crippen LogP contribution in [0.2, 0.25) is 0 Å². The molecule has 4 atom stereocenters. The van der Waals surface area contributed by atoms with E-state index < -0.39 is 29.2 Å². The number of benzene rings is 4. The first-order valence-corrected chi connectivity index (χ1v) is 14.6. The smallest absolute Gasteiger partial charge is 0.238 e. The molecule has 1 amide bonds. The molecule has 1 fully saturated rings. The number of hydrogen-bond acceptors (Lipinski definition) is 8. The van der Waals surface area contributed by atoms with E-state index in [4.69, 9.17) is 14.2 Å². The van der Waals surface area contributed by atoms with Crippen LogP contribution in [0.5, 0.6) is 17.2 Å². The van der Waals surface area contributed by atoms with E-state index in [1.807, 2.05) is 71.8 Å². The molecule has 1 N–H and O–H groups in total. The number of Topliss-reactive ketones (excluding diaryl/α,β-unsaturated/α-hetero) is 2. The Labute approximate surface area is 258 Å². The van der Waals surface area contributed by atoms with Gasteiger partial charge in [-0.1, -0.05) is 54.6 Å². The maximum atomic E-state index is 15.1. The van der Waals surface area contributed by atoms with Gasteiger partial charge in [-0.05, 0) is 59.2 Å². The lowest BCUT2D eigenvalue weighted by atomic mass is 9.62. The highest BCUT2D eigenvalue weighted by Gasteiger charge is 2.70. The zero-order valence-electron chi connectivity index (χ0n) is 23.8. The van der Waals surface area contributed by atoms with Crippen molar-refractivity contribution >= 4 is 29.2 Å². The van der Waals surface area contributed by atoms with Gasteiger partial charge in [0, 0.05) is 17.5 Å². The van der Waals surface area contributed by atoms with Crippen molar-refractivity contribution in [1.82, 2.24) is 4.90 Å². The Kier molecular flexibility index (Phi) is 6.00. The van der Waals surface area contributed by atoms with Gasteiger partial charge in [-0.2, -0.15) is 5.26 Å². The monoisotopic (exact) mass is 595 g/mol. The van der Waals surface area contributed by atoms with E-state index in [1.54, 1.807) is 42.5 Å². The normalized spacial score (nSPS) is 23.1. The minimum absolute atomic E-state index is 0.0359. The third-order valence-electron chi connectivity index (χ3n) is 9.22. The van der Waals surface area contributed by atoms with Gasteiger partial charge in [-0.25, -0.2) is 0 Å². The van der Waals surface area contributed by atoms with Gasteiger partial charge in [0.25, 0.3) is 0 Å². The molecule has 8 rings (SSSR count).